The molecule has 0 saturated carbocycles. The zero-order valence-electron chi connectivity index (χ0n) is 15.4. The fourth-order valence-corrected chi connectivity index (χ4v) is 4.26. The van der Waals surface area contributed by atoms with Crippen molar-refractivity contribution in [3.8, 4) is 0 Å². The van der Waals surface area contributed by atoms with Crippen LogP contribution >= 0.6 is 11.3 Å². The van der Waals surface area contributed by atoms with Crippen molar-refractivity contribution in [1.29, 1.82) is 0 Å². The lowest BCUT2D eigenvalue weighted by Gasteiger charge is -2.27. The molecule has 0 bridgehead atoms. The summed E-state index contributed by atoms with van der Waals surface area (Å²) in [5.41, 5.74) is 3.37. The summed E-state index contributed by atoms with van der Waals surface area (Å²) in [6.07, 6.45) is 3.25. The van der Waals surface area contributed by atoms with Crippen LogP contribution in [0.1, 0.15) is 32.4 Å². The van der Waals surface area contributed by atoms with Crippen LogP contribution in [0.15, 0.2) is 71.6 Å². The van der Waals surface area contributed by atoms with E-state index in [4.69, 9.17) is 0 Å². The predicted molar refractivity (Wildman–Crippen MR) is 109 cm³/mol. The van der Waals surface area contributed by atoms with Gasteiger partial charge in [0.05, 0.1) is 16.5 Å². The molecule has 3 heterocycles. The van der Waals surface area contributed by atoms with Crippen molar-refractivity contribution in [3.63, 3.8) is 0 Å². The lowest BCUT2D eigenvalue weighted by molar-refractivity contribution is -0.117. The lowest BCUT2D eigenvalue weighted by Crippen LogP contribution is -2.31. The number of carbonyl (C=O) groups excluding carboxylic acids is 2. The first-order valence-corrected chi connectivity index (χ1v) is 9.68. The number of aryl methyl sites for hydroxylation is 2. The molecule has 140 valence electrons. The van der Waals surface area contributed by atoms with Gasteiger partial charge in [-0.2, -0.15) is 0 Å². The molecule has 0 saturated heterocycles. The third-order valence-corrected chi connectivity index (χ3v) is 5.55. The summed E-state index contributed by atoms with van der Waals surface area (Å²) < 4.78 is 0. The van der Waals surface area contributed by atoms with E-state index in [1.54, 1.807) is 42.0 Å². The molecule has 5 nitrogen and oxygen atoms in total. The van der Waals surface area contributed by atoms with Gasteiger partial charge in [-0.15, -0.1) is 11.3 Å². The fraction of sp³-hybridized carbons (Fsp3) is 0.136. The summed E-state index contributed by atoms with van der Waals surface area (Å²) >= 11 is 1.28. The van der Waals surface area contributed by atoms with Gasteiger partial charge in [0, 0.05) is 18.1 Å². The number of Topliss-reactive ketones (excluding diaryl/α,β-unsaturated/α-hetero) is 1. The number of amides is 1. The highest BCUT2D eigenvalue weighted by atomic mass is 32.1. The van der Waals surface area contributed by atoms with Gasteiger partial charge in [0.2, 0.25) is 5.78 Å². The summed E-state index contributed by atoms with van der Waals surface area (Å²) in [5.74, 6) is -1.44. The van der Waals surface area contributed by atoms with Crippen molar-refractivity contribution in [1.82, 2.24) is 4.98 Å². The summed E-state index contributed by atoms with van der Waals surface area (Å²) in [4.78, 5) is 32.3. The van der Waals surface area contributed by atoms with Gasteiger partial charge in [0.1, 0.15) is 0 Å². The minimum atomic E-state index is -0.739. The number of hydrogen-bond acceptors (Lipinski definition) is 5. The van der Waals surface area contributed by atoms with E-state index in [0.717, 1.165) is 11.1 Å². The molecule has 6 heteroatoms. The van der Waals surface area contributed by atoms with Crippen LogP contribution in [0, 0.1) is 13.8 Å². The first kappa shape index (κ1) is 18.1. The Balaban J connectivity index is 1.90. The molecule has 3 aromatic rings. The maximum absolute atomic E-state index is 13.2. The average Bonchev–Trinajstić information content (AvgIpc) is 3.29. The van der Waals surface area contributed by atoms with Crippen LogP contribution < -0.4 is 4.90 Å². The number of nitrogens with zero attached hydrogens (tertiary/aromatic N) is 2. The van der Waals surface area contributed by atoms with Gasteiger partial charge < -0.3 is 5.11 Å². The number of aliphatic hydroxyl groups is 1. The number of aliphatic hydroxyl groups excluding tert-OH is 1. The number of pyridine rings is 1. The SMILES string of the molecule is Cc1cc(C)cc(N2C(=O)C(O)=C(C(=O)c3cccs3)C2c2cccnc2)c1. The van der Waals surface area contributed by atoms with Crippen molar-refractivity contribution in [2.45, 2.75) is 19.9 Å². The molecule has 0 fully saturated rings. The standard InChI is InChI=1S/C22H18N2O3S/c1-13-9-14(2)11-16(10-13)24-19(15-5-3-7-23-12-15)18(21(26)22(24)27)20(25)17-6-4-8-28-17/h3-12,19,26H,1-2H3. The minimum absolute atomic E-state index is 0.0830. The van der Waals surface area contributed by atoms with E-state index >= 15 is 0 Å². The monoisotopic (exact) mass is 390 g/mol. The van der Waals surface area contributed by atoms with Gasteiger partial charge in [0.15, 0.2) is 5.76 Å². The number of aromatic nitrogens is 1. The summed E-state index contributed by atoms with van der Waals surface area (Å²) in [6, 6.07) is 12.0. The second-order valence-electron chi connectivity index (χ2n) is 6.78. The second-order valence-corrected chi connectivity index (χ2v) is 7.73. The Hall–Kier alpha value is -3.25. The molecule has 1 amide bonds. The van der Waals surface area contributed by atoms with Crippen LogP contribution in [0.25, 0.3) is 0 Å². The molecule has 1 aromatic carbocycles. The second kappa shape index (κ2) is 7.05. The molecular formula is C22H18N2O3S. The Kier molecular flexibility index (Phi) is 4.57. The molecule has 2 aromatic heterocycles. The summed E-state index contributed by atoms with van der Waals surface area (Å²) in [6.45, 7) is 3.89. The van der Waals surface area contributed by atoms with Crippen LogP contribution in [0.4, 0.5) is 5.69 Å². The van der Waals surface area contributed by atoms with Gasteiger partial charge in [-0.25, -0.2) is 0 Å². The van der Waals surface area contributed by atoms with E-state index in [-0.39, 0.29) is 11.4 Å². The molecule has 4 rings (SSSR count). The molecule has 1 atom stereocenters. The number of benzene rings is 1. The van der Waals surface area contributed by atoms with Crippen LogP contribution in [0.2, 0.25) is 0 Å². The lowest BCUT2D eigenvalue weighted by atomic mass is 9.96. The van der Waals surface area contributed by atoms with Crippen molar-refractivity contribution in [2.75, 3.05) is 4.90 Å². The summed E-state index contributed by atoms with van der Waals surface area (Å²) in [5, 5.41) is 12.5. The molecule has 0 spiro atoms. The van der Waals surface area contributed by atoms with Gasteiger partial charge in [-0.3, -0.25) is 19.5 Å². The topological polar surface area (TPSA) is 70.5 Å². The van der Waals surface area contributed by atoms with Crippen molar-refractivity contribution in [2.24, 2.45) is 0 Å². The number of hydrogen-bond donors (Lipinski definition) is 1. The number of rotatable bonds is 4. The Morgan fingerprint density at radius 3 is 2.50 bits per heavy atom. The molecule has 0 radical (unpaired) electrons. The quantitative estimate of drug-likeness (QED) is 0.664. The van der Waals surface area contributed by atoms with Crippen LogP contribution in [0.3, 0.4) is 0 Å². The third-order valence-electron chi connectivity index (χ3n) is 4.68. The zero-order valence-corrected chi connectivity index (χ0v) is 16.2. The van der Waals surface area contributed by atoms with Gasteiger partial charge >= 0.3 is 0 Å². The van der Waals surface area contributed by atoms with E-state index in [1.165, 1.54) is 16.2 Å². The van der Waals surface area contributed by atoms with E-state index in [1.807, 2.05) is 32.0 Å². The number of ketones is 1. The largest absolute Gasteiger partial charge is 0.503 e. The van der Waals surface area contributed by atoms with Crippen LogP contribution in [-0.4, -0.2) is 21.8 Å². The molecule has 1 aliphatic heterocycles. The maximum atomic E-state index is 13.2. The number of thiophene rings is 1. The molecule has 0 aliphatic carbocycles. The summed E-state index contributed by atoms with van der Waals surface area (Å²) in [7, 11) is 0. The highest BCUT2D eigenvalue weighted by Gasteiger charge is 2.45. The number of anilines is 1. The minimum Gasteiger partial charge on any atom is -0.503 e. The Labute approximate surface area is 166 Å². The van der Waals surface area contributed by atoms with Crippen LogP contribution in [0.5, 0.6) is 0 Å². The predicted octanol–water partition coefficient (Wildman–Crippen LogP) is 4.54. The molecular weight excluding hydrogens is 372 g/mol. The highest BCUT2D eigenvalue weighted by Crippen LogP contribution is 2.42. The van der Waals surface area contributed by atoms with Gasteiger partial charge in [-0.1, -0.05) is 18.2 Å². The molecule has 1 aliphatic rings. The third kappa shape index (κ3) is 3.01. The molecule has 1 unspecified atom stereocenters. The van der Waals surface area contributed by atoms with E-state index in [0.29, 0.717) is 16.1 Å². The van der Waals surface area contributed by atoms with Crippen molar-refractivity contribution in [3.05, 3.63) is 93.1 Å². The van der Waals surface area contributed by atoms with E-state index < -0.39 is 17.7 Å². The molecule has 1 N–H and O–H groups in total. The van der Waals surface area contributed by atoms with Gasteiger partial charge in [-0.05, 0) is 60.2 Å². The van der Waals surface area contributed by atoms with E-state index in [2.05, 4.69) is 4.98 Å². The maximum Gasteiger partial charge on any atom is 0.294 e. The fourth-order valence-electron chi connectivity index (χ4n) is 3.59. The molecule has 28 heavy (non-hydrogen) atoms. The zero-order chi connectivity index (χ0) is 19.8. The van der Waals surface area contributed by atoms with Crippen LogP contribution in [-0.2, 0) is 4.79 Å². The average molecular weight is 390 g/mol. The van der Waals surface area contributed by atoms with Gasteiger partial charge in [0.25, 0.3) is 5.91 Å². The first-order valence-electron chi connectivity index (χ1n) is 8.80. The Bertz CT molecular complexity index is 1070. The Morgan fingerprint density at radius 2 is 1.89 bits per heavy atom. The normalized spacial score (nSPS) is 16.7. The smallest absolute Gasteiger partial charge is 0.294 e. The highest BCUT2D eigenvalue weighted by molar-refractivity contribution is 7.12. The van der Waals surface area contributed by atoms with E-state index in [9.17, 15) is 14.7 Å². The Morgan fingerprint density at radius 1 is 1.14 bits per heavy atom. The first-order chi connectivity index (χ1) is 13.5. The van der Waals surface area contributed by atoms with Crippen molar-refractivity contribution >= 4 is 28.7 Å². The van der Waals surface area contributed by atoms with Crippen molar-refractivity contribution < 1.29 is 14.7 Å². The number of carbonyl (C=O) groups is 2.